The third-order valence-electron chi connectivity index (χ3n) is 2.70. The molecule has 0 radical (unpaired) electrons. The zero-order valence-electron chi connectivity index (χ0n) is 10.2. The van der Waals surface area contributed by atoms with Gasteiger partial charge in [0, 0.05) is 9.75 Å². The van der Waals surface area contributed by atoms with Crippen LogP contribution in [0.5, 0.6) is 0 Å². The summed E-state index contributed by atoms with van der Waals surface area (Å²) in [5.41, 5.74) is 1.26. The largest absolute Gasteiger partial charge is 0.141 e. The molecule has 0 amide bonds. The summed E-state index contributed by atoms with van der Waals surface area (Å²) in [6.07, 6.45) is 4.35. The number of benzene rings is 1. The summed E-state index contributed by atoms with van der Waals surface area (Å²) in [7, 11) is 0. The number of hydrogen-bond donors (Lipinski definition) is 0. The average Bonchev–Trinajstić information content (AvgIpc) is 2.75. The quantitative estimate of drug-likeness (QED) is 0.755. The summed E-state index contributed by atoms with van der Waals surface area (Å²) in [6.45, 7) is 8.26. The molecule has 2 rings (SSSR count). The van der Waals surface area contributed by atoms with E-state index in [1.807, 2.05) is 29.5 Å². The summed E-state index contributed by atoms with van der Waals surface area (Å²) < 4.78 is 0. The van der Waals surface area contributed by atoms with E-state index in [1.54, 1.807) is 0 Å². The van der Waals surface area contributed by atoms with E-state index in [0.717, 1.165) is 5.22 Å². The number of hydrogen-bond acceptors (Lipinski definition) is 1. The zero-order chi connectivity index (χ0) is 12.3. The molecule has 0 N–H and O–H groups in total. The standard InChI is InChI=1S/C16H16S/c1-4-14(16-10-9-13(3)17-16)11-15-8-6-5-7-12(15)2/h4-11H,2H2,1,3H3/b14-4+,15-11-. The normalized spacial score (nSPS) is 13.1. The van der Waals surface area contributed by atoms with E-state index in [-0.39, 0.29) is 0 Å². The van der Waals surface area contributed by atoms with Crippen molar-refractivity contribution < 1.29 is 0 Å². The zero-order valence-corrected chi connectivity index (χ0v) is 11.1. The van der Waals surface area contributed by atoms with Crippen LogP contribution in [0, 0.1) is 6.92 Å². The van der Waals surface area contributed by atoms with Crippen LogP contribution in [0.25, 0.3) is 18.2 Å². The van der Waals surface area contributed by atoms with Gasteiger partial charge in [-0.05, 0) is 48.1 Å². The SMILES string of the molecule is C=c1cccc/c1=C/C(=C\C)c1ccc(C)s1. The van der Waals surface area contributed by atoms with E-state index in [9.17, 15) is 0 Å². The molecule has 17 heavy (non-hydrogen) atoms. The Balaban J connectivity index is 2.51. The van der Waals surface area contributed by atoms with Gasteiger partial charge in [-0.25, -0.2) is 0 Å². The molecule has 0 nitrogen and oxygen atoms in total. The Labute approximate surface area is 106 Å². The van der Waals surface area contributed by atoms with Crippen LogP contribution in [0.2, 0.25) is 0 Å². The highest BCUT2D eigenvalue weighted by Crippen LogP contribution is 2.24. The van der Waals surface area contributed by atoms with Crippen molar-refractivity contribution in [1.29, 1.82) is 0 Å². The first kappa shape index (κ1) is 11.9. The van der Waals surface area contributed by atoms with Gasteiger partial charge >= 0.3 is 0 Å². The molecule has 0 saturated carbocycles. The predicted molar refractivity (Wildman–Crippen MR) is 78.4 cm³/mol. The molecule has 1 heterocycles. The molecule has 0 atom stereocenters. The van der Waals surface area contributed by atoms with Gasteiger partial charge in [0.1, 0.15) is 0 Å². The second-order valence-corrected chi connectivity index (χ2v) is 5.29. The van der Waals surface area contributed by atoms with Crippen molar-refractivity contribution in [3.63, 3.8) is 0 Å². The van der Waals surface area contributed by atoms with Gasteiger partial charge in [0.2, 0.25) is 0 Å². The Morgan fingerprint density at radius 2 is 1.94 bits per heavy atom. The van der Waals surface area contributed by atoms with Crippen molar-refractivity contribution >= 4 is 29.6 Å². The highest BCUT2D eigenvalue weighted by molar-refractivity contribution is 7.13. The Kier molecular flexibility index (Phi) is 3.60. The number of allylic oxidation sites excluding steroid dienone is 2. The molecule has 1 aromatic carbocycles. The Morgan fingerprint density at radius 3 is 2.53 bits per heavy atom. The highest BCUT2D eigenvalue weighted by Gasteiger charge is 1.99. The fourth-order valence-electron chi connectivity index (χ4n) is 1.73. The summed E-state index contributed by atoms with van der Waals surface area (Å²) in [5.74, 6) is 0. The number of thiophene rings is 1. The van der Waals surface area contributed by atoms with E-state index in [2.05, 4.69) is 50.8 Å². The molecule has 1 heteroatoms. The van der Waals surface area contributed by atoms with E-state index in [4.69, 9.17) is 0 Å². The summed E-state index contributed by atoms with van der Waals surface area (Å²) in [6, 6.07) is 12.5. The number of rotatable bonds is 2. The lowest BCUT2D eigenvalue weighted by molar-refractivity contribution is 1.53. The highest BCUT2D eigenvalue weighted by atomic mass is 32.1. The van der Waals surface area contributed by atoms with Crippen LogP contribution in [-0.4, -0.2) is 0 Å². The molecule has 2 aromatic rings. The summed E-state index contributed by atoms with van der Waals surface area (Å²) >= 11 is 1.83. The lowest BCUT2D eigenvalue weighted by atomic mass is 10.1. The van der Waals surface area contributed by atoms with Crippen molar-refractivity contribution in [2.45, 2.75) is 13.8 Å². The van der Waals surface area contributed by atoms with Gasteiger partial charge in [0.05, 0.1) is 0 Å². The van der Waals surface area contributed by atoms with Crippen molar-refractivity contribution in [1.82, 2.24) is 0 Å². The molecule has 86 valence electrons. The molecule has 0 aliphatic carbocycles. The molecule has 0 spiro atoms. The third kappa shape index (κ3) is 2.75. The fourth-order valence-corrected chi connectivity index (χ4v) is 2.64. The molecule has 1 aromatic heterocycles. The third-order valence-corrected chi connectivity index (χ3v) is 3.75. The van der Waals surface area contributed by atoms with Gasteiger partial charge < -0.3 is 0 Å². The van der Waals surface area contributed by atoms with Crippen LogP contribution in [0.4, 0.5) is 0 Å². The van der Waals surface area contributed by atoms with Gasteiger partial charge in [-0.3, -0.25) is 0 Å². The Bertz CT molecular complexity index is 644. The maximum atomic E-state index is 4.05. The first-order valence-electron chi connectivity index (χ1n) is 5.69. The molecule has 0 bridgehead atoms. The van der Waals surface area contributed by atoms with Gasteiger partial charge in [0.25, 0.3) is 0 Å². The van der Waals surface area contributed by atoms with Gasteiger partial charge in [-0.1, -0.05) is 36.9 Å². The Morgan fingerprint density at radius 1 is 1.18 bits per heavy atom. The Hall–Kier alpha value is -1.60. The molecular formula is C16H16S. The second kappa shape index (κ2) is 5.15. The first-order valence-corrected chi connectivity index (χ1v) is 6.51. The molecule has 0 saturated heterocycles. The van der Waals surface area contributed by atoms with Crippen LogP contribution in [0.3, 0.4) is 0 Å². The second-order valence-electron chi connectivity index (χ2n) is 4.00. The maximum Gasteiger partial charge on any atom is 0.0342 e. The van der Waals surface area contributed by atoms with Crippen LogP contribution >= 0.6 is 11.3 Å². The smallest absolute Gasteiger partial charge is 0.0342 e. The average molecular weight is 240 g/mol. The maximum absolute atomic E-state index is 4.05. The fraction of sp³-hybridized carbons (Fsp3) is 0.125. The topological polar surface area (TPSA) is 0 Å². The van der Waals surface area contributed by atoms with Gasteiger partial charge in [-0.15, -0.1) is 11.3 Å². The minimum atomic E-state index is 1.07. The van der Waals surface area contributed by atoms with Gasteiger partial charge in [-0.2, -0.15) is 0 Å². The van der Waals surface area contributed by atoms with Crippen LogP contribution in [0.15, 0.2) is 42.5 Å². The van der Waals surface area contributed by atoms with Crippen molar-refractivity contribution in [2.24, 2.45) is 0 Å². The molecular weight excluding hydrogens is 224 g/mol. The van der Waals surface area contributed by atoms with Crippen LogP contribution < -0.4 is 10.4 Å². The van der Waals surface area contributed by atoms with E-state index in [0.29, 0.717) is 0 Å². The minimum absolute atomic E-state index is 1.07. The molecule has 0 aliphatic rings. The summed E-state index contributed by atoms with van der Waals surface area (Å²) in [5, 5.41) is 2.26. The summed E-state index contributed by atoms with van der Waals surface area (Å²) in [4.78, 5) is 2.66. The van der Waals surface area contributed by atoms with E-state index in [1.165, 1.54) is 20.5 Å². The minimum Gasteiger partial charge on any atom is -0.141 e. The van der Waals surface area contributed by atoms with Crippen molar-refractivity contribution in [3.8, 4) is 0 Å². The molecule has 0 unspecified atom stereocenters. The van der Waals surface area contributed by atoms with E-state index >= 15 is 0 Å². The predicted octanol–water partition coefficient (Wildman–Crippen LogP) is 3.35. The number of aryl methyl sites for hydroxylation is 1. The molecule has 0 fully saturated rings. The van der Waals surface area contributed by atoms with Crippen LogP contribution in [-0.2, 0) is 0 Å². The van der Waals surface area contributed by atoms with Crippen LogP contribution in [0.1, 0.15) is 16.7 Å². The monoisotopic (exact) mass is 240 g/mol. The molecule has 0 aliphatic heterocycles. The van der Waals surface area contributed by atoms with Gasteiger partial charge in [0.15, 0.2) is 0 Å². The lowest BCUT2D eigenvalue weighted by Crippen LogP contribution is -2.21. The van der Waals surface area contributed by atoms with E-state index < -0.39 is 0 Å². The first-order chi connectivity index (χ1) is 8.20. The van der Waals surface area contributed by atoms with Crippen molar-refractivity contribution in [2.75, 3.05) is 0 Å². The lowest BCUT2D eigenvalue weighted by Gasteiger charge is -1.97. The van der Waals surface area contributed by atoms with Crippen molar-refractivity contribution in [3.05, 3.63) is 62.7 Å².